The monoisotopic (exact) mass is 256 g/mol. The summed E-state index contributed by atoms with van der Waals surface area (Å²) in [5.41, 5.74) is 0. The molecule has 1 saturated heterocycles. The summed E-state index contributed by atoms with van der Waals surface area (Å²) in [6.45, 7) is 2.25. The van der Waals surface area contributed by atoms with Crippen LogP contribution in [0.2, 0.25) is 0 Å². The predicted octanol–water partition coefficient (Wildman–Crippen LogP) is 1.46. The average Bonchev–Trinajstić information content (AvgIpc) is 1.96. The zero-order chi connectivity index (χ0) is 7.07. The number of hydrogen-bond acceptors (Lipinski definition) is 2. The van der Waals surface area contributed by atoms with E-state index in [1.165, 1.54) is 0 Å². The van der Waals surface area contributed by atoms with Crippen LogP contribution in [0.4, 0.5) is 0 Å². The summed E-state index contributed by atoms with van der Waals surface area (Å²) in [6.07, 6.45) is 0. The molecule has 0 amide bonds. The maximum atomic E-state index is 10.8. The second-order valence-electron chi connectivity index (χ2n) is 2.14. The molecule has 0 aromatic carbocycles. The molecular weight excluding hydrogens is 252 g/mol. The molecule has 2 atom stereocenters. The number of esters is 1. The van der Waals surface area contributed by atoms with Crippen LogP contribution >= 0.6 is 31.9 Å². The maximum absolute atomic E-state index is 10.8. The minimum atomic E-state index is -0.521. The first kappa shape index (κ1) is 7.54. The van der Waals surface area contributed by atoms with Crippen LogP contribution in [0.15, 0.2) is 0 Å². The van der Waals surface area contributed by atoms with Crippen LogP contribution in [0.1, 0.15) is 6.92 Å². The summed E-state index contributed by atoms with van der Waals surface area (Å²) < 4.78 is 4.23. The van der Waals surface area contributed by atoms with Gasteiger partial charge in [-0.2, -0.15) is 0 Å². The van der Waals surface area contributed by atoms with Crippen molar-refractivity contribution in [1.82, 2.24) is 0 Å². The van der Waals surface area contributed by atoms with Gasteiger partial charge in [0.15, 0.2) is 0 Å². The molecule has 1 aliphatic rings. The van der Waals surface area contributed by atoms with Crippen LogP contribution in [-0.4, -0.2) is 21.7 Å². The van der Waals surface area contributed by atoms with Crippen molar-refractivity contribution in [3.8, 4) is 0 Å². The molecule has 0 radical (unpaired) electrons. The first-order valence-electron chi connectivity index (χ1n) is 2.55. The molecule has 2 unspecified atom stereocenters. The minimum absolute atomic E-state index is 0.0949. The van der Waals surface area contributed by atoms with Gasteiger partial charge in [-0.25, -0.2) is 0 Å². The molecule has 0 aromatic heterocycles. The lowest BCUT2D eigenvalue weighted by atomic mass is 10.1. The number of carbonyl (C=O) groups excluding carboxylic acids is 1. The average molecular weight is 258 g/mol. The van der Waals surface area contributed by atoms with Gasteiger partial charge in [-0.15, -0.1) is 0 Å². The summed E-state index contributed by atoms with van der Waals surface area (Å²) in [5, 5.41) is 0. The Morgan fingerprint density at radius 3 is 2.56 bits per heavy atom. The SMILES string of the molecule is CC1(Br)C(=O)OCC1Br. The predicted molar refractivity (Wildman–Crippen MR) is 41.0 cm³/mol. The van der Waals surface area contributed by atoms with Gasteiger partial charge in [0, 0.05) is 0 Å². The van der Waals surface area contributed by atoms with Crippen molar-refractivity contribution in [1.29, 1.82) is 0 Å². The molecule has 0 saturated carbocycles. The van der Waals surface area contributed by atoms with Crippen LogP contribution in [-0.2, 0) is 9.53 Å². The highest BCUT2D eigenvalue weighted by Gasteiger charge is 2.45. The fraction of sp³-hybridized carbons (Fsp3) is 0.800. The molecule has 0 spiro atoms. The Hall–Kier alpha value is 0.430. The first-order chi connectivity index (χ1) is 4.05. The van der Waals surface area contributed by atoms with Crippen molar-refractivity contribution in [2.45, 2.75) is 16.1 Å². The number of cyclic esters (lactones) is 1. The van der Waals surface area contributed by atoms with Gasteiger partial charge >= 0.3 is 5.97 Å². The third kappa shape index (κ3) is 1.15. The third-order valence-corrected chi connectivity index (χ3v) is 4.02. The van der Waals surface area contributed by atoms with Gasteiger partial charge in [0.05, 0.1) is 4.83 Å². The number of rotatable bonds is 0. The molecule has 52 valence electrons. The Morgan fingerprint density at radius 2 is 2.44 bits per heavy atom. The Kier molecular flexibility index (Phi) is 1.87. The Bertz CT molecular complexity index is 144. The van der Waals surface area contributed by atoms with Crippen LogP contribution in [0.5, 0.6) is 0 Å². The number of halogens is 2. The Balaban J connectivity index is 2.78. The van der Waals surface area contributed by atoms with Crippen molar-refractivity contribution >= 4 is 37.8 Å². The summed E-state index contributed by atoms with van der Waals surface area (Å²) in [7, 11) is 0. The molecule has 1 aliphatic heterocycles. The first-order valence-corrected chi connectivity index (χ1v) is 4.26. The van der Waals surface area contributed by atoms with Crippen LogP contribution in [0.25, 0.3) is 0 Å². The lowest BCUT2D eigenvalue weighted by molar-refractivity contribution is -0.139. The quantitative estimate of drug-likeness (QED) is 0.485. The molecule has 0 N–H and O–H groups in total. The summed E-state index contributed by atoms with van der Waals surface area (Å²) >= 11 is 6.56. The van der Waals surface area contributed by atoms with Gasteiger partial charge in [-0.3, -0.25) is 4.79 Å². The highest BCUT2D eigenvalue weighted by molar-refractivity contribution is 9.12. The molecule has 0 aromatic rings. The summed E-state index contributed by atoms with van der Waals surface area (Å²) in [5.74, 6) is -0.190. The molecule has 2 nitrogen and oxygen atoms in total. The van der Waals surface area contributed by atoms with E-state index >= 15 is 0 Å². The maximum Gasteiger partial charge on any atom is 0.323 e. The topological polar surface area (TPSA) is 26.3 Å². The minimum Gasteiger partial charge on any atom is -0.463 e. The van der Waals surface area contributed by atoms with Gasteiger partial charge in [-0.1, -0.05) is 31.9 Å². The lowest BCUT2D eigenvalue weighted by Gasteiger charge is -2.11. The molecule has 0 aliphatic carbocycles. The van der Waals surface area contributed by atoms with Crippen molar-refractivity contribution < 1.29 is 9.53 Å². The zero-order valence-corrected chi connectivity index (χ0v) is 8.03. The summed E-state index contributed by atoms with van der Waals surface area (Å²) in [4.78, 5) is 10.9. The van der Waals surface area contributed by atoms with Crippen molar-refractivity contribution in [3.05, 3.63) is 0 Å². The molecule has 0 bridgehead atoms. The summed E-state index contributed by atoms with van der Waals surface area (Å²) in [6, 6.07) is 0. The van der Waals surface area contributed by atoms with E-state index in [1.807, 2.05) is 0 Å². The lowest BCUT2D eigenvalue weighted by Crippen LogP contribution is -2.30. The highest BCUT2D eigenvalue weighted by Crippen LogP contribution is 2.34. The van der Waals surface area contributed by atoms with Crippen LogP contribution < -0.4 is 0 Å². The van der Waals surface area contributed by atoms with E-state index < -0.39 is 4.32 Å². The van der Waals surface area contributed by atoms with E-state index in [0.29, 0.717) is 6.61 Å². The molecule has 4 heteroatoms. The fourth-order valence-electron chi connectivity index (χ4n) is 0.574. The number of carbonyl (C=O) groups is 1. The van der Waals surface area contributed by atoms with E-state index in [2.05, 4.69) is 31.9 Å². The highest BCUT2D eigenvalue weighted by atomic mass is 79.9. The number of ether oxygens (including phenoxy) is 1. The number of alkyl halides is 2. The van der Waals surface area contributed by atoms with E-state index in [9.17, 15) is 4.79 Å². The van der Waals surface area contributed by atoms with Crippen molar-refractivity contribution in [3.63, 3.8) is 0 Å². The molecular formula is C5H6Br2O2. The number of hydrogen-bond donors (Lipinski definition) is 0. The van der Waals surface area contributed by atoms with Gasteiger partial charge in [0.1, 0.15) is 10.9 Å². The van der Waals surface area contributed by atoms with E-state index in [4.69, 9.17) is 4.74 Å². The second kappa shape index (κ2) is 2.23. The van der Waals surface area contributed by atoms with Crippen molar-refractivity contribution in [2.24, 2.45) is 0 Å². The Morgan fingerprint density at radius 1 is 1.89 bits per heavy atom. The molecule has 1 rings (SSSR count). The van der Waals surface area contributed by atoms with E-state index in [1.54, 1.807) is 6.92 Å². The van der Waals surface area contributed by atoms with E-state index in [0.717, 1.165) is 0 Å². The van der Waals surface area contributed by atoms with Gasteiger partial charge in [-0.05, 0) is 6.92 Å². The van der Waals surface area contributed by atoms with Crippen LogP contribution in [0, 0.1) is 0 Å². The smallest absolute Gasteiger partial charge is 0.323 e. The van der Waals surface area contributed by atoms with Crippen molar-refractivity contribution in [2.75, 3.05) is 6.61 Å². The zero-order valence-electron chi connectivity index (χ0n) is 4.86. The molecule has 1 fully saturated rings. The normalized spacial score (nSPS) is 43.0. The molecule has 1 heterocycles. The fourth-order valence-corrected chi connectivity index (χ4v) is 1.14. The Labute approximate surface area is 70.2 Å². The van der Waals surface area contributed by atoms with Gasteiger partial charge < -0.3 is 4.74 Å². The van der Waals surface area contributed by atoms with Gasteiger partial charge in [0.2, 0.25) is 0 Å². The second-order valence-corrected chi connectivity index (χ2v) is 4.89. The largest absolute Gasteiger partial charge is 0.463 e. The van der Waals surface area contributed by atoms with E-state index in [-0.39, 0.29) is 10.8 Å². The van der Waals surface area contributed by atoms with Gasteiger partial charge in [0.25, 0.3) is 0 Å². The van der Waals surface area contributed by atoms with Crippen LogP contribution in [0.3, 0.4) is 0 Å². The third-order valence-electron chi connectivity index (χ3n) is 1.35. The standard InChI is InChI=1S/C5H6Br2O2/c1-5(7)3(6)2-9-4(5)8/h3H,2H2,1H3. The molecule has 9 heavy (non-hydrogen) atoms.